The summed E-state index contributed by atoms with van der Waals surface area (Å²) >= 11 is 0. The van der Waals surface area contributed by atoms with Crippen LogP contribution in [0.2, 0.25) is 0 Å². The molecule has 0 aromatic heterocycles. The fraction of sp³-hybridized carbons (Fsp3) is 0.900. The molecule has 0 N–H and O–H groups in total. The van der Waals surface area contributed by atoms with E-state index in [1.165, 1.54) is 12.8 Å². The van der Waals surface area contributed by atoms with Crippen LogP contribution < -0.4 is 0 Å². The summed E-state index contributed by atoms with van der Waals surface area (Å²) in [5.41, 5.74) is 0.399. The lowest BCUT2D eigenvalue weighted by Crippen LogP contribution is -2.04. The Balaban J connectivity index is 3.30. The third-order valence-electron chi connectivity index (χ3n) is 1.47. The highest BCUT2D eigenvalue weighted by Gasteiger charge is 2.06. The van der Waals surface area contributed by atoms with Gasteiger partial charge < -0.3 is 0 Å². The van der Waals surface area contributed by atoms with Gasteiger partial charge in [0.2, 0.25) is 0 Å². The van der Waals surface area contributed by atoms with Crippen LogP contribution in [0.3, 0.4) is 0 Å². The first-order chi connectivity index (χ1) is 5.06. The van der Waals surface area contributed by atoms with Crippen molar-refractivity contribution >= 4 is 6.21 Å². The Labute approximate surface area is 70.9 Å². The second kappa shape index (κ2) is 5.34. The van der Waals surface area contributed by atoms with E-state index in [0.29, 0.717) is 5.41 Å². The van der Waals surface area contributed by atoms with Gasteiger partial charge in [-0.2, -0.15) is 0 Å². The molecule has 0 aliphatic carbocycles. The van der Waals surface area contributed by atoms with Gasteiger partial charge in [0, 0.05) is 6.54 Å². The average Bonchev–Trinajstić information content (AvgIpc) is 1.85. The predicted molar refractivity (Wildman–Crippen MR) is 52.3 cm³/mol. The van der Waals surface area contributed by atoms with Crippen molar-refractivity contribution in [1.29, 1.82) is 0 Å². The van der Waals surface area contributed by atoms with E-state index >= 15 is 0 Å². The van der Waals surface area contributed by atoms with Crippen molar-refractivity contribution in [3.8, 4) is 0 Å². The van der Waals surface area contributed by atoms with Crippen LogP contribution in [0.15, 0.2) is 4.99 Å². The zero-order valence-corrected chi connectivity index (χ0v) is 8.35. The molecule has 11 heavy (non-hydrogen) atoms. The minimum atomic E-state index is 0.399. The second-order valence-electron chi connectivity index (χ2n) is 4.21. The Bertz CT molecular complexity index is 109. The number of hydrogen-bond acceptors (Lipinski definition) is 1. The first-order valence-corrected chi connectivity index (χ1v) is 4.54. The molecule has 0 atom stereocenters. The Hall–Kier alpha value is -0.330. The van der Waals surface area contributed by atoms with Gasteiger partial charge in [-0.3, -0.25) is 4.99 Å². The lowest BCUT2D eigenvalue weighted by atomic mass is 9.93. The molecule has 66 valence electrons. The van der Waals surface area contributed by atoms with Crippen molar-refractivity contribution in [3.05, 3.63) is 0 Å². The molecule has 0 aliphatic heterocycles. The van der Waals surface area contributed by atoms with E-state index in [1.807, 2.05) is 0 Å². The Morgan fingerprint density at radius 1 is 1.27 bits per heavy atom. The van der Waals surface area contributed by atoms with Gasteiger partial charge in [-0.15, -0.1) is 0 Å². The van der Waals surface area contributed by atoms with E-state index in [9.17, 15) is 0 Å². The van der Waals surface area contributed by atoms with Crippen LogP contribution in [0.5, 0.6) is 0 Å². The number of aliphatic imine (C=N–C) groups is 1. The summed E-state index contributed by atoms with van der Waals surface area (Å²) in [6.07, 6.45) is 5.62. The maximum atomic E-state index is 4.32. The van der Waals surface area contributed by atoms with E-state index in [4.69, 9.17) is 0 Å². The van der Waals surface area contributed by atoms with Crippen molar-refractivity contribution in [1.82, 2.24) is 0 Å². The molecule has 0 bridgehead atoms. The molecule has 0 rings (SSSR count). The van der Waals surface area contributed by atoms with Crippen molar-refractivity contribution in [2.24, 2.45) is 10.4 Å². The van der Waals surface area contributed by atoms with Crippen LogP contribution in [0.1, 0.15) is 47.0 Å². The van der Waals surface area contributed by atoms with Crippen molar-refractivity contribution in [3.63, 3.8) is 0 Å². The average molecular weight is 155 g/mol. The van der Waals surface area contributed by atoms with E-state index in [-0.39, 0.29) is 0 Å². The molecule has 0 aliphatic rings. The van der Waals surface area contributed by atoms with Gasteiger partial charge in [0.15, 0.2) is 0 Å². The lowest BCUT2D eigenvalue weighted by molar-refractivity contribution is 0.437. The third-order valence-corrected chi connectivity index (χ3v) is 1.47. The summed E-state index contributed by atoms with van der Waals surface area (Å²) < 4.78 is 0. The SMILES string of the molecule is CCCCN=CCC(C)(C)C. The van der Waals surface area contributed by atoms with Crippen LogP contribution in [-0.4, -0.2) is 12.8 Å². The van der Waals surface area contributed by atoms with Crippen LogP contribution in [0.25, 0.3) is 0 Å². The summed E-state index contributed by atoms with van der Waals surface area (Å²) in [6.45, 7) is 9.91. The Morgan fingerprint density at radius 2 is 1.91 bits per heavy atom. The largest absolute Gasteiger partial charge is 0.298 e. The van der Waals surface area contributed by atoms with Crippen molar-refractivity contribution < 1.29 is 0 Å². The minimum Gasteiger partial charge on any atom is -0.298 e. The first kappa shape index (κ1) is 10.7. The minimum absolute atomic E-state index is 0.399. The fourth-order valence-corrected chi connectivity index (χ4v) is 0.679. The van der Waals surface area contributed by atoms with E-state index in [2.05, 4.69) is 38.9 Å². The molecule has 0 aromatic rings. The molecule has 0 saturated carbocycles. The van der Waals surface area contributed by atoms with Gasteiger partial charge in [-0.05, 0) is 24.5 Å². The van der Waals surface area contributed by atoms with Gasteiger partial charge in [-0.25, -0.2) is 0 Å². The van der Waals surface area contributed by atoms with Crippen LogP contribution in [0, 0.1) is 5.41 Å². The topological polar surface area (TPSA) is 12.4 Å². The Kier molecular flexibility index (Phi) is 5.18. The molecule has 1 heteroatoms. The summed E-state index contributed by atoms with van der Waals surface area (Å²) in [7, 11) is 0. The first-order valence-electron chi connectivity index (χ1n) is 4.54. The molecule has 1 nitrogen and oxygen atoms in total. The third kappa shape index (κ3) is 9.67. The summed E-state index contributed by atoms with van der Waals surface area (Å²) in [5.74, 6) is 0. The van der Waals surface area contributed by atoms with E-state index in [0.717, 1.165) is 13.0 Å². The summed E-state index contributed by atoms with van der Waals surface area (Å²) in [5, 5.41) is 0. The van der Waals surface area contributed by atoms with Crippen LogP contribution >= 0.6 is 0 Å². The highest BCUT2D eigenvalue weighted by Crippen LogP contribution is 2.16. The Morgan fingerprint density at radius 3 is 2.36 bits per heavy atom. The predicted octanol–water partition coefficient (Wildman–Crippen LogP) is 3.29. The van der Waals surface area contributed by atoms with Gasteiger partial charge >= 0.3 is 0 Å². The highest BCUT2D eigenvalue weighted by molar-refractivity contribution is 5.57. The molecule has 0 amide bonds. The summed E-state index contributed by atoms with van der Waals surface area (Å²) in [4.78, 5) is 4.32. The fourth-order valence-electron chi connectivity index (χ4n) is 0.679. The molecule has 0 fully saturated rings. The maximum Gasteiger partial charge on any atom is 0.0385 e. The number of rotatable bonds is 4. The lowest BCUT2D eigenvalue weighted by Gasteiger charge is -2.13. The van der Waals surface area contributed by atoms with Crippen molar-refractivity contribution in [2.75, 3.05) is 6.54 Å². The smallest absolute Gasteiger partial charge is 0.0385 e. The van der Waals surface area contributed by atoms with Gasteiger partial charge in [-0.1, -0.05) is 34.1 Å². The van der Waals surface area contributed by atoms with Crippen LogP contribution in [0.4, 0.5) is 0 Å². The zero-order valence-electron chi connectivity index (χ0n) is 8.35. The second-order valence-corrected chi connectivity index (χ2v) is 4.21. The number of hydrogen-bond donors (Lipinski definition) is 0. The van der Waals surface area contributed by atoms with Gasteiger partial charge in [0.05, 0.1) is 0 Å². The molecular weight excluding hydrogens is 134 g/mol. The molecule has 0 aromatic carbocycles. The van der Waals surface area contributed by atoms with Crippen molar-refractivity contribution in [2.45, 2.75) is 47.0 Å². The van der Waals surface area contributed by atoms with E-state index in [1.54, 1.807) is 0 Å². The molecule has 0 radical (unpaired) electrons. The normalized spacial score (nSPS) is 12.7. The molecule has 0 heterocycles. The molecule has 0 saturated heterocycles. The molecule has 0 spiro atoms. The summed E-state index contributed by atoms with van der Waals surface area (Å²) in [6, 6.07) is 0. The zero-order chi connectivity index (χ0) is 8.74. The maximum absolute atomic E-state index is 4.32. The number of nitrogens with zero attached hydrogens (tertiary/aromatic N) is 1. The monoisotopic (exact) mass is 155 g/mol. The number of unbranched alkanes of at least 4 members (excludes halogenated alkanes) is 1. The molecule has 0 unspecified atom stereocenters. The van der Waals surface area contributed by atoms with Gasteiger partial charge in [0.1, 0.15) is 0 Å². The van der Waals surface area contributed by atoms with Gasteiger partial charge in [0.25, 0.3) is 0 Å². The highest BCUT2D eigenvalue weighted by atomic mass is 14.7. The molecular formula is C10H21N. The standard InChI is InChI=1S/C10H21N/c1-5-6-8-11-9-7-10(2,3)4/h9H,5-8H2,1-4H3. The quantitative estimate of drug-likeness (QED) is 0.436. The van der Waals surface area contributed by atoms with E-state index < -0.39 is 0 Å². The van der Waals surface area contributed by atoms with Crippen LogP contribution in [-0.2, 0) is 0 Å².